The zero-order chi connectivity index (χ0) is 19.7. The van der Waals surface area contributed by atoms with Crippen LogP contribution in [0.15, 0.2) is 54.6 Å². The van der Waals surface area contributed by atoms with Crippen LogP contribution in [0.1, 0.15) is 16.8 Å². The first-order chi connectivity index (χ1) is 13.6. The topological polar surface area (TPSA) is 45.7 Å². The minimum atomic E-state index is 0.0876. The molecule has 0 radical (unpaired) electrons. The second-order valence-corrected chi connectivity index (χ2v) is 7.47. The minimum absolute atomic E-state index is 0.0876. The van der Waals surface area contributed by atoms with Gasteiger partial charge < -0.3 is 14.5 Å². The van der Waals surface area contributed by atoms with E-state index in [9.17, 15) is 4.79 Å². The molecule has 0 unspecified atom stereocenters. The lowest BCUT2D eigenvalue weighted by molar-refractivity contribution is 0.0783. The van der Waals surface area contributed by atoms with Crippen LogP contribution in [0.25, 0.3) is 22.2 Å². The van der Waals surface area contributed by atoms with Crippen molar-refractivity contribution < 1.29 is 9.53 Å². The lowest BCUT2D eigenvalue weighted by Gasteiger charge is -2.20. The summed E-state index contributed by atoms with van der Waals surface area (Å²) in [5, 5.41) is 1.03. The zero-order valence-corrected chi connectivity index (χ0v) is 16.6. The summed E-state index contributed by atoms with van der Waals surface area (Å²) in [5.41, 5.74) is 3.30. The number of carbonyl (C=O) groups excluding carboxylic acids is 1. The number of carbonyl (C=O) groups is 1. The van der Waals surface area contributed by atoms with Crippen molar-refractivity contribution >= 4 is 16.8 Å². The van der Waals surface area contributed by atoms with Gasteiger partial charge in [-0.25, -0.2) is 4.98 Å². The van der Waals surface area contributed by atoms with Crippen molar-refractivity contribution in [2.24, 2.45) is 0 Å². The van der Waals surface area contributed by atoms with Crippen molar-refractivity contribution in [2.45, 2.75) is 12.5 Å². The highest BCUT2D eigenvalue weighted by Crippen LogP contribution is 2.28. The Labute approximate surface area is 165 Å². The monoisotopic (exact) mass is 375 g/mol. The molecule has 0 aliphatic carbocycles. The fraction of sp³-hybridized carbons (Fsp3) is 0.304. The average Bonchev–Trinajstić information content (AvgIpc) is 3.23. The molecule has 2 aromatic carbocycles. The second-order valence-electron chi connectivity index (χ2n) is 7.47. The van der Waals surface area contributed by atoms with Gasteiger partial charge in [-0.1, -0.05) is 30.3 Å². The highest BCUT2D eigenvalue weighted by atomic mass is 16.5. The number of benzene rings is 2. The molecule has 1 amide bonds. The van der Waals surface area contributed by atoms with Gasteiger partial charge in [0.25, 0.3) is 5.91 Å². The lowest BCUT2D eigenvalue weighted by Crippen LogP contribution is -2.34. The Morgan fingerprint density at radius 2 is 1.96 bits per heavy atom. The molecule has 4 rings (SSSR count). The third-order valence-corrected chi connectivity index (χ3v) is 5.49. The molecule has 0 bridgehead atoms. The summed E-state index contributed by atoms with van der Waals surface area (Å²) in [6.45, 7) is 1.58. The molecule has 1 atom stereocenters. The molecule has 5 nitrogen and oxygen atoms in total. The summed E-state index contributed by atoms with van der Waals surface area (Å²) in [6, 6.07) is 18.1. The number of fused-ring (bicyclic) bond motifs is 1. The molecule has 1 fully saturated rings. The molecule has 1 aliphatic rings. The Kier molecular flexibility index (Phi) is 5.01. The van der Waals surface area contributed by atoms with E-state index in [0.717, 1.165) is 47.4 Å². The van der Waals surface area contributed by atoms with Gasteiger partial charge in [-0.05, 0) is 44.8 Å². The Hall–Kier alpha value is -2.92. The Balaban J connectivity index is 1.64. The van der Waals surface area contributed by atoms with Crippen molar-refractivity contribution in [2.75, 3.05) is 34.3 Å². The van der Waals surface area contributed by atoms with Crippen LogP contribution in [0, 0.1) is 0 Å². The maximum Gasteiger partial charge on any atom is 0.253 e. The summed E-state index contributed by atoms with van der Waals surface area (Å²) >= 11 is 0. The fourth-order valence-corrected chi connectivity index (χ4v) is 3.79. The van der Waals surface area contributed by atoms with Gasteiger partial charge in [-0.3, -0.25) is 4.79 Å². The molecule has 2 heterocycles. The molecular formula is C23H25N3O2. The van der Waals surface area contributed by atoms with E-state index in [1.165, 1.54) is 0 Å². The SMILES string of the molecule is COc1cccc2ccc(-c3cccc(C(=O)N4CC[C@@H](N(C)C)C4)c3)nc12. The third kappa shape index (κ3) is 3.45. The van der Waals surface area contributed by atoms with Crippen molar-refractivity contribution in [1.82, 2.24) is 14.8 Å². The lowest BCUT2D eigenvalue weighted by atomic mass is 10.1. The summed E-state index contributed by atoms with van der Waals surface area (Å²) in [7, 11) is 5.79. The molecule has 3 aromatic rings. The third-order valence-electron chi connectivity index (χ3n) is 5.49. The van der Waals surface area contributed by atoms with E-state index in [-0.39, 0.29) is 5.91 Å². The van der Waals surface area contributed by atoms with Gasteiger partial charge in [0.2, 0.25) is 0 Å². The van der Waals surface area contributed by atoms with Crippen LogP contribution in [0.3, 0.4) is 0 Å². The summed E-state index contributed by atoms with van der Waals surface area (Å²) in [4.78, 5) is 21.9. The molecule has 0 spiro atoms. The van der Waals surface area contributed by atoms with Crippen LogP contribution >= 0.6 is 0 Å². The minimum Gasteiger partial charge on any atom is -0.494 e. The summed E-state index contributed by atoms with van der Waals surface area (Å²) in [5.74, 6) is 0.836. The number of hydrogen-bond acceptors (Lipinski definition) is 4. The number of rotatable bonds is 4. The molecule has 1 aliphatic heterocycles. The largest absolute Gasteiger partial charge is 0.494 e. The van der Waals surface area contributed by atoms with E-state index in [1.807, 2.05) is 59.5 Å². The highest BCUT2D eigenvalue weighted by molar-refractivity contribution is 5.96. The van der Waals surface area contributed by atoms with E-state index in [0.29, 0.717) is 11.6 Å². The number of methoxy groups -OCH3 is 1. The van der Waals surface area contributed by atoms with Gasteiger partial charge in [0.15, 0.2) is 0 Å². The van der Waals surface area contributed by atoms with Crippen LogP contribution in [0.2, 0.25) is 0 Å². The van der Waals surface area contributed by atoms with Gasteiger partial charge in [-0.2, -0.15) is 0 Å². The van der Waals surface area contributed by atoms with E-state index in [1.54, 1.807) is 7.11 Å². The van der Waals surface area contributed by atoms with Crippen molar-refractivity contribution in [3.8, 4) is 17.0 Å². The smallest absolute Gasteiger partial charge is 0.253 e. The second kappa shape index (κ2) is 7.60. The Bertz CT molecular complexity index is 1020. The molecule has 1 saturated heterocycles. The number of pyridine rings is 1. The summed E-state index contributed by atoms with van der Waals surface area (Å²) in [6.07, 6.45) is 1.02. The number of para-hydroxylation sites is 1. The van der Waals surface area contributed by atoms with Crippen LogP contribution in [0.4, 0.5) is 0 Å². The van der Waals surface area contributed by atoms with Crippen LogP contribution in [0.5, 0.6) is 5.75 Å². The van der Waals surface area contributed by atoms with Gasteiger partial charge in [0.1, 0.15) is 11.3 Å². The van der Waals surface area contributed by atoms with Gasteiger partial charge in [0.05, 0.1) is 12.8 Å². The van der Waals surface area contributed by atoms with E-state index in [4.69, 9.17) is 9.72 Å². The van der Waals surface area contributed by atoms with Crippen molar-refractivity contribution in [1.29, 1.82) is 0 Å². The zero-order valence-electron chi connectivity index (χ0n) is 16.6. The number of aromatic nitrogens is 1. The first-order valence-electron chi connectivity index (χ1n) is 9.56. The average molecular weight is 375 g/mol. The first kappa shape index (κ1) is 18.4. The van der Waals surface area contributed by atoms with Gasteiger partial charge >= 0.3 is 0 Å². The van der Waals surface area contributed by atoms with Gasteiger partial charge in [0, 0.05) is 35.6 Å². The molecule has 1 aromatic heterocycles. The molecule has 0 N–H and O–H groups in total. The quantitative estimate of drug-likeness (QED) is 0.698. The van der Waals surface area contributed by atoms with Crippen molar-refractivity contribution in [3.63, 3.8) is 0 Å². The van der Waals surface area contributed by atoms with Gasteiger partial charge in [-0.15, -0.1) is 0 Å². The fourth-order valence-electron chi connectivity index (χ4n) is 3.79. The van der Waals surface area contributed by atoms with E-state index in [2.05, 4.69) is 19.0 Å². The van der Waals surface area contributed by atoms with Crippen LogP contribution < -0.4 is 4.74 Å². The number of nitrogens with zero attached hydrogens (tertiary/aromatic N) is 3. The molecule has 0 saturated carbocycles. The maximum atomic E-state index is 13.0. The molecule has 144 valence electrons. The van der Waals surface area contributed by atoms with E-state index >= 15 is 0 Å². The number of hydrogen-bond donors (Lipinski definition) is 0. The maximum absolute atomic E-state index is 13.0. The molecule has 5 heteroatoms. The summed E-state index contributed by atoms with van der Waals surface area (Å²) < 4.78 is 5.45. The van der Waals surface area contributed by atoms with Crippen LogP contribution in [-0.2, 0) is 0 Å². The number of amides is 1. The normalized spacial score (nSPS) is 16.7. The molecule has 28 heavy (non-hydrogen) atoms. The highest BCUT2D eigenvalue weighted by Gasteiger charge is 2.28. The molecular weight excluding hydrogens is 350 g/mol. The predicted octanol–water partition coefficient (Wildman–Crippen LogP) is 3.69. The first-order valence-corrected chi connectivity index (χ1v) is 9.56. The van der Waals surface area contributed by atoms with Crippen LogP contribution in [-0.4, -0.2) is 61.0 Å². The van der Waals surface area contributed by atoms with Crippen molar-refractivity contribution in [3.05, 3.63) is 60.2 Å². The predicted molar refractivity (Wildman–Crippen MR) is 112 cm³/mol. The number of likely N-dealkylation sites (N-methyl/N-ethyl adjacent to an activating group) is 1. The van der Waals surface area contributed by atoms with E-state index < -0.39 is 0 Å². The Morgan fingerprint density at radius 1 is 1.14 bits per heavy atom. The number of likely N-dealkylation sites (tertiary alicyclic amines) is 1. The Morgan fingerprint density at radius 3 is 2.71 bits per heavy atom. The number of ether oxygens (including phenoxy) is 1. The standard InChI is InChI=1S/C23H25N3O2/c1-25(2)19-12-13-26(15-19)23(27)18-8-4-7-17(14-18)20-11-10-16-6-5-9-21(28-3)22(16)24-20/h4-11,14,19H,12-13,15H2,1-3H3/t19-/m1/s1.